The standard InChI is InChI=1S/C21H16N6O4/c1-12(28)15-10-13-6-3-4-7-14(13)17(18(15)29)25-26-19-16(20(30)31-2)11-24-27(19)21-22-8-5-9-23-21/h3-11,29H,1-2H3/b26-25+. The molecule has 0 radical (unpaired) electrons. The molecule has 154 valence electrons. The molecule has 0 spiro atoms. The van der Waals surface area contributed by atoms with Crippen molar-refractivity contribution in [1.29, 1.82) is 0 Å². The van der Waals surface area contributed by atoms with Gasteiger partial charge in [0.15, 0.2) is 17.4 Å². The Balaban J connectivity index is 1.92. The topological polar surface area (TPSA) is 132 Å². The number of phenols is 1. The Morgan fingerprint density at radius 2 is 1.81 bits per heavy atom. The van der Waals surface area contributed by atoms with E-state index in [0.29, 0.717) is 10.8 Å². The summed E-state index contributed by atoms with van der Waals surface area (Å²) in [6.07, 6.45) is 4.29. The molecular formula is C21H16N6O4. The Kier molecular flexibility index (Phi) is 5.19. The number of aromatic nitrogens is 4. The van der Waals surface area contributed by atoms with Gasteiger partial charge in [0.2, 0.25) is 0 Å². The van der Waals surface area contributed by atoms with Crippen LogP contribution in [0.2, 0.25) is 0 Å². The Bertz CT molecular complexity index is 1330. The predicted molar refractivity (Wildman–Crippen MR) is 110 cm³/mol. The molecule has 0 unspecified atom stereocenters. The number of aromatic hydroxyl groups is 1. The van der Waals surface area contributed by atoms with E-state index in [1.165, 1.54) is 37.3 Å². The van der Waals surface area contributed by atoms with Gasteiger partial charge in [-0.25, -0.2) is 14.8 Å². The molecule has 2 aromatic heterocycles. The molecule has 0 atom stereocenters. The van der Waals surface area contributed by atoms with Crippen molar-refractivity contribution in [3.05, 3.63) is 66.1 Å². The number of Topliss-reactive ketones (excluding diaryl/α,β-unsaturated/α-hetero) is 1. The van der Waals surface area contributed by atoms with E-state index in [-0.39, 0.29) is 40.1 Å². The van der Waals surface area contributed by atoms with Gasteiger partial charge in [-0.1, -0.05) is 24.3 Å². The average molecular weight is 416 g/mol. The molecule has 2 aromatic carbocycles. The van der Waals surface area contributed by atoms with E-state index < -0.39 is 5.97 Å². The maximum atomic E-state index is 12.2. The van der Waals surface area contributed by atoms with Gasteiger partial charge in [-0.05, 0) is 24.4 Å². The second-order valence-electron chi connectivity index (χ2n) is 6.43. The summed E-state index contributed by atoms with van der Waals surface area (Å²) in [5.74, 6) is -1.13. The molecule has 0 aliphatic carbocycles. The minimum Gasteiger partial charge on any atom is -0.505 e. The maximum Gasteiger partial charge on any atom is 0.343 e. The molecule has 0 saturated heterocycles. The van der Waals surface area contributed by atoms with Crippen LogP contribution >= 0.6 is 0 Å². The molecule has 1 N–H and O–H groups in total. The van der Waals surface area contributed by atoms with Crippen molar-refractivity contribution in [2.45, 2.75) is 6.92 Å². The van der Waals surface area contributed by atoms with E-state index in [1.807, 2.05) is 0 Å². The number of hydrogen-bond donors (Lipinski definition) is 1. The van der Waals surface area contributed by atoms with Gasteiger partial charge in [0.25, 0.3) is 5.95 Å². The highest BCUT2D eigenvalue weighted by molar-refractivity contribution is 6.06. The SMILES string of the molecule is COC(=O)c1cnn(-c2ncccn2)c1/N=N/c1c(O)c(C(C)=O)cc2ccccc12. The predicted octanol–water partition coefficient (Wildman–Crippen LogP) is 3.93. The molecule has 0 bridgehead atoms. The van der Waals surface area contributed by atoms with Gasteiger partial charge >= 0.3 is 5.97 Å². The fourth-order valence-electron chi connectivity index (χ4n) is 3.02. The van der Waals surface area contributed by atoms with Crippen LogP contribution in [0.5, 0.6) is 5.75 Å². The fraction of sp³-hybridized carbons (Fsp3) is 0.0952. The number of ether oxygens (including phenoxy) is 1. The third-order valence-corrected chi connectivity index (χ3v) is 4.51. The molecule has 10 nitrogen and oxygen atoms in total. The lowest BCUT2D eigenvalue weighted by Crippen LogP contribution is -2.03. The number of esters is 1. The van der Waals surface area contributed by atoms with Crippen LogP contribution in [0, 0.1) is 0 Å². The second kappa shape index (κ2) is 8.11. The van der Waals surface area contributed by atoms with Crippen molar-refractivity contribution in [3.8, 4) is 11.7 Å². The number of hydrogen-bond acceptors (Lipinski definition) is 9. The summed E-state index contributed by atoms with van der Waals surface area (Å²) in [7, 11) is 1.23. The average Bonchev–Trinajstić information content (AvgIpc) is 3.22. The summed E-state index contributed by atoms with van der Waals surface area (Å²) in [6.45, 7) is 1.35. The summed E-state index contributed by atoms with van der Waals surface area (Å²) in [6, 6.07) is 10.3. The molecule has 0 saturated carbocycles. The number of rotatable bonds is 5. The van der Waals surface area contributed by atoms with E-state index in [9.17, 15) is 14.7 Å². The van der Waals surface area contributed by atoms with E-state index in [4.69, 9.17) is 4.74 Å². The zero-order chi connectivity index (χ0) is 22.0. The van der Waals surface area contributed by atoms with Crippen LogP contribution in [0.25, 0.3) is 16.7 Å². The summed E-state index contributed by atoms with van der Waals surface area (Å²) in [5, 5.41) is 24.4. The molecule has 0 aliphatic rings. The largest absolute Gasteiger partial charge is 0.505 e. The number of carbonyl (C=O) groups excluding carboxylic acids is 2. The summed E-state index contributed by atoms with van der Waals surface area (Å²) in [4.78, 5) is 32.4. The Labute approximate surface area is 175 Å². The quantitative estimate of drug-likeness (QED) is 0.296. The van der Waals surface area contributed by atoms with Gasteiger partial charge in [-0.15, -0.1) is 10.2 Å². The second-order valence-corrected chi connectivity index (χ2v) is 6.43. The van der Waals surface area contributed by atoms with Gasteiger partial charge in [0, 0.05) is 17.8 Å². The Morgan fingerprint density at radius 1 is 1.06 bits per heavy atom. The zero-order valence-electron chi connectivity index (χ0n) is 16.6. The number of ketones is 1. The van der Waals surface area contributed by atoms with Crippen molar-refractivity contribution in [2.24, 2.45) is 10.2 Å². The molecule has 0 fully saturated rings. The molecule has 4 rings (SSSR count). The third-order valence-electron chi connectivity index (χ3n) is 4.51. The number of nitrogens with zero attached hydrogens (tertiary/aromatic N) is 6. The van der Waals surface area contributed by atoms with Crippen molar-refractivity contribution in [3.63, 3.8) is 0 Å². The highest BCUT2D eigenvalue weighted by Gasteiger charge is 2.21. The first-order valence-corrected chi connectivity index (χ1v) is 9.12. The molecule has 0 amide bonds. The van der Waals surface area contributed by atoms with Gasteiger partial charge in [0.05, 0.1) is 18.9 Å². The molecule has 4 aromatic rings. The number of azo groups is 1. The molecule has 10 heteroatoms. The van der Waals surface area contributed by atoms with Crippen LogP contribution in [0.3, 0.4) is 0 Å². The van der Waals surface area contributed by atoms with Gasteiger partial charge in [0.1, 0.15) is 11.3 Å². The minimum absolute atomic E-state index is 0.00904. The maximum absolute atomic E-state index is 12.2. The lowest BCUT2D eigenvalue weighted by Gasteiger charge is -2.08. The van der Waals surface area contributed by atoms with Gasteiger partial charge < -0.3 is 9.84 Å². The molecule has 2 heterocycles. The van der Waals surface area contributed by atoms with Crippen LogP contribution in [0.15, 0.2) is 65.2 Å². The highest BCUT2D eigenvalue weighted by atomic mass is 16.5. The number of phenolic OH excluding ortho intramolecular Hbond substituents is 1. The van der Waals surface area contributed by atoms with Crippen molar-refractivity contribution >= 4 is 34.0 Å². The molecule has 0 aliphatic heterocycles. The number of benzene rings is 2. The summed E-state index contributed by atoms with van der Waals surface area (Å²) in [5.41, 5.74) is 0.229. The smallest absolute Gasteiger partial charge is 0.343 e. The van der Waals surface area contributed by atoms with Crippen LogP contribution in [0.4, 0.5) is 11.5 Å². The highest BCUT2D eigenvalue weighted by Crippen LogP contribution is 2.39. The first-order valence-electron chi connectivity index (χ1n) is 9.12. The van der Waals surface area contributed by atoms with Crippen LogP contribution in [0.1, 0.15) is 27.6 Å². The minimum atomic E-state index is -0.678. The van der Waals surface area contributed by atoms with Crippen molar-refractivity contribution in [1.82, 2.24) is 19.7 Å². The van der Waals surface area contributed by atoms with Gasteiger partial charge in [-0.2, -0.15) is 9.78 Å². The van der Waals surface area contributed by atoms with Gasteiger partial charge in [-0.3, -0.25) is 4.79 Å². The number of methoxy groups -OCH3 is 1. The fourth-order valence-corrected chi connectivity index (χ4v) is 3.02. The number of fused-ring (bicyclic) bond motifs is 1. The molecular weight excluding hydrogens is 400 g/mol. The van der Waals surface area contributed by atoms with Crippen molar-refractivity contribution in [2.75, 3.05) is 7.11 Å². The normalized spacial score (nSPS) is 11.2. The summed E-state index contributed by atoms with van der Waals surface area (Å²) < 4.78 is 6.02. The van der Waals surface area contributed by atoms with Crippen molar-refractivity contribution < 1.29 is 19.4 Å². The first-order chi connectivity index (χ1) is 15.0. The zero-order valence-corrected chi connectivity index (χ0v) is 16.6. The van der Waals surface area contributed by atoms with Crippen LogP contribution < -0.4 is 0 Å². The van der Waals surface area contributed by atoms with Crippen LogP contribution in [-0.4, -0.2) is 43.7 Å². The third kappa shape index (κ3) is 3.62. The lowest BCUT2D eigenvalue weighted by molar-refractivity contribution is 0.0601. The first kappa shape index (κ1) is 19.8. The van der Waals surface area contributed by atoms with E-state index >= 15 is 0 Å². The number of carbonyl (C=O) groups is 2. The molecule has 31 heavy (non-hydrogen) atoms. The van der Waals surface area contributed by atoms with E-state index in [2.05, 4.69) is 25.3 Å². The summed E-state index contributed by atoms with van der Waals surface area (Å²) >= 11 is 0. The Hall–Kier alpha value is -4.47. The lowest BCUT2D eigenvalue weighted by atomic mass is 10.0. The van der Waals surface area contributed by atoms with E-state index in [1.54, 1.807) is 36.4 Å². The Morgan fingerprint density at radius 3 is 2.52 bits per heavy atom. The monoisotopic (exact) mass is 416 g/mol. The van der Waals surface area contributed by atoms with E-state index in [0.717, 1.165) is 0 Å². The van der Waals surface area contributed by atoms with Crippen LogP contribution in [-0.2, 0) is 4.74 Å².